The number of hydrogen-bond donors (Lipinski definition) is 1. The highest BCUT2D eigenvalue weighted by atomic mass is 35.5. The van der Waals surface area contributed by atoms with Crippen molar-refractivity contribution in [1.29, 1.82) is 0 Å². The number of Topliss-reactive ketones (excluding diaryl/α,β-unsaturated/α-hetero) is 1. The van der Waals surface area contributed by atoms with Crippen LogP contribution >= 0.6 is 22.9 Å². The first kappa shape index (κ1) is 17.9. The second-order valence-electron chi connectivity index (χ2n) is 6.50. The molecule has 1 amide bonds. The third-order valence-corrected chi connectivity index (χ3v) is 5.93. The summed E-state index contributed by atoms with van der Waals surface area (Å²) in [6, 6.07) is 11.2. The standard InChI is InChI=1S/C20H18ClN3O2S/c21-14-5-3-13(4-6-14)20-15-12-24(10-9-16(15)22-23-20)19(26)8-7-17(25)18-2-1-11-27-18/h1-6,11H,7-10,12H2,(H,22,23). The molecule has 3 aromatic rings. The Hall–Kier alpha value is -2.44. The number of aromatic amines is 1. The van der Waals surface area contributed by atoms with Gasteiger partial charge in [-0.05, 0) is 23.6 Å². The van der Waals surface area contributed by atoms with Crippen LogP contribution < -0.4 is 0 Å². The Balaban J connectivity index is 1.44. The van der Waals surface area contributed by atoms with E-state index in [0.29, 0.717) is 23.0 Å². The summed E-state index contributed by atoms with van der Waals surface area (Å²) < 4.78 is 0. The van der Waals surface area contributed by atoms with Gasteiger partial charge in [0, 0.05) is 54.2 Å². The summed E-state index contributed by atoms with van der Waals surface area (Å²) in [5, 5.41) is 10.1. The molecule has 1 aromatic carbocycles. The third-order valence-electron chi connectivity index (χ3n) is 4.77. The number of nitrogens with zero attached hydrogens (tertiary/aromatic N) is 2. The molecule has 0 radical (unpaired) electrons. The quantitative estimate of drug-likeness (QED) is 0.649. The Labute approximate surface area is 166 Å². The van der Waals surface area contributed by atoms with Crippen LogP contribution in [-0.2, 0) is 17.8 Å². The monoisotopic (exact) mass is 399 g/mol. The van der Waals surface area contributed by atoms with Gasteiger partial charge in [0.25, 0.3) is 0 Å². The molecule has 1 aliphatic rings. The van der Waals surface area contributed by atoms with Gasteiger partial charge in [-0.2, -0.15) is 5.10 Å². The number of nitrogens with one attached hydrogen (secondary N) is 1. The van der Waals surface area contributed by atoms with Gasteiger partial charge in [0.05, 0.1) is 10.6 Å². The zero-order chi connectivity index (χ0) is 18.8. The lowest BCUT2D eigenvalue weighted by atomic mass is 10.0. The van der Waals surface area contributed by atoms with Crippen molar-refractivity contribution in [3.63, 3.8) is 0 Å². The molecular weight excluding hydrogens is 382 g/mol. The van der Waals surface area contributed by atoms with Crippen molar-refractivity contribution in [2.45, 2.75) is 25.8 Å². The number of hydrogen-bond acceptors (Lipinski definition) is 4. The third kappa shape index (κ3) is 3.82. The molecule has 0 atom stereocenters. The lowest BCUT2D eigenvalue weighted by Crippen LogP contribution is -2.36. The molecule has 0 saturated carbocycles. The van der Waals surface area contributed by atoms with E-state index in [1.54, 1.807) is 6.07 Å². The van der Waals surface area contributed by atoms with Crippen LogP contribution in [0.5, 0.6) is 0 Å². The average Bonchev–Trinajstić information content (AvgIpc) is 3.36. The van der Waals surface area contributed by atoms with E-state index in [0.717, 1.165) is 28.9 Å². The maximum atomic E-state index is 12.6. The van der Waals surface area contributed by atoms with Crippen LogP contribution in [-0.4, -0.2) is 33.3 Å². The molecule has 0 bridgehead atoms. The Morgan fingerprint density at radius 2 is 2.00 bits per heavy atom. The largest absolute Gasteiger partial charge is 0.338 e. The molecule has 1 N–H and O–H groups in total. The van der Waals surface area contributed by atoms with Crippen LogP contribution in [0.1, 0.15) is 33.8 Å². The molecule has 0 saturated heterocycles. The van der Waals surface area contributed by atoms with Crippen molar-refractivity contribution in [3.05, 3.63) is 62.9 Å². The van der Waals surface area contributed by atoms with Crippen molar-refractivity contribution in [1.82, 2.24) is 15.1 Å². The van der Waals surface area contributed by atoms with E-state index in [1.807, 2.05) is 40.6 Å². The molecule has 3 heterocycles. The molecule has 0 spiro atoms. The number of rotatable bonds is 5. The summed E-state index contributed by atoms with van der Waals surface area (Å²) >= 11 is 7.38. The van der Waals surface area contributed by atoms with E-state index >= 15 is 0 Å². The Bertz CT molecular complexity index is 964. The summed E-state index contributed by atoms with van der Waals surface area (Å²) in [4.78, 5) is 27.3. The number of thiophene rings is 1. The van der Waals surface area contributed by atoms with Crippen molar-refractivity contribution in [2.24, 2.45) is 0 Å². The highest BCUT2D eigenvalue weighted by Crippen LogP contribution is 2.29. The van der Waals surface area contributed by atoms with E-state index in [-0.39, 0.29) is 24.5 Å². The fraction of sp³-hybridized carbons (Fsp3) is 0.250. The topological polar surface area (TPSA) is 66.1 Å². The van der Waals surface area contributed by atoms with Gasteiger partial charge in [-0.3, -0.25) is 14.7 Å². The maximum absolute atomic E-state index is 12.6. The van der Waals surface area contributed by atoms with E-state index in [4.69, 9.17) is 11.6 Å². The van der Waals surface area contributed by atoms with Crippen LogP contribution in [0.3, 0.4) is 0 Å². The van der Waals surface area contributed by atoms with Crippen LogP contribution in [0.25, 0.3) is 11.3 Å². The predicted molar refractivity (Wildman–Crippen MR) is 106 cm³/mol. The first-order valence-corrected chi connectivity index (χ1v) is 10.0. The van der Waals surface area contributed by atoms with Gasteiger partial charge in [-0.15, -0.1) is 11.3 Å². The highest BCUT2D eigenvalue weighted by molar-refractivity contribution is 7.12. The number of halogens is 1. The van der Waals surface area contributed by atoms with Crippen LogP contribution in [0.15, 0.2) is 41.8 Å². The molecule has 2 aromatic heterocycles. The van der Waals surface area contributed by atoms with Gasteiger partial charge in [0.15, 0.2) is 5.78 Å². The van der Waals surface area contributed by atoms with Gasteiger partial charge >= 0.3 is 0 Å². The van der Waals surface area contributed by atoms with E-state index in [2.05, 4.69) is 10.2 Å². The van der Waals surface area contributed by atoms with Gasteiger partial charge in [-0.25, -0.2) is 0 Å². The second-order valence-corrected chi connectivity index (χ2v) is 7.89. The Morgan fingerprint density at radius 1 is 1.19 bits per heavy atom. The Kier molecular flexibility index (Phi) is 5.09. The number of carbonyl (C=O) groups is 2. The minimum Gasteiger partial charge on any atom is -0.338 e. The molecule has 0 fully saturated rings. The molecule has 138 valence electrons. The molecular formula is C20H18ClN3O2S. The number of fused-ring (bicyclic) bond motifs is 1. The van der Waals surface area contributed by atoms with Crippen molar-refractivity contribution in [2.75, 3.05) is 6.54 Å². The van der Waals surface area contributed by atoms with Crippen molar-refractivity contribution in [3.8, 4) is 11.3 Å². The maximum Gasteiger partial charge on any atom is 0.223 e. The molecule has 5 nitrogen and oxygen atoms in total. The number of H-pyrrole nitrogens is 1. The van der Waals surface area contributed by atoms with E-state index < -0.39 is 0 Å². The molecule has 0 aliphatic carbocycles. The normalized spacial score (nSPS) is 13.4. The van der Waals surface area contributed by atoms with Crippen molar-refractivity contribution >= 4 is 34.6 Å². The number of ketones is 1. The number of amides is 1. The van der Waals surface area contributed by atoms with E-state index in [9.17, 15) is 9.59 Å². The minimum atomic E-state index is 0.00816. The van der Waals surface area contributed by atoms with Crippen LogP contribution in [0.4, 0.5) is 0 Å². The molecule has 7 heteroatoms. The van der Waals surface area contributed by atoms with Crippen molar-refractivity contribution < 1.29 is 9.59 Å². The predicted octanol–water partition coefficient (Wildman–Crippen LogP) is 4.34. The SMILES string of the molecule is O=C(CCC(=O)N1CCc2[nH]nc(-c3ccc(Cl)cc3)c2C1)c1cccs1. The molecule has 1 aliphatic heterocycles. The lowest BCUT2D eigenvalue weighted by molar-refractivity contribution is -0.132. The summed E-state index contributed by atoms with van der Waals surface area (Å²) in [5.74, 6) is 0.0371. The van der Waals surface area contributed by atoms with Crippen LogP contribution in [0.2, 0.25) is 5.02 Å². The zero-order valence-electron chi connectivity index (χ0n) is 14.6. The number of carbonyl (C=O) groups excluding carboxylic acids is 2. The number of aromatic nitrogens is 2. The zero-order valence-corrected chi connectivity index (χ0v) is 16.1. The van der Waals surface area contributed by atoms with E-state index in [1.165, 1.54) is 11.3 Å². The smallest absolute Gasteiger partial charge is 0.223 e. The van der Waals surface area contributed by atoms with Crippen LogP contribution in [0, 0.1) is 0 Å². The first-order valence-electron chi connectivity index (χ1n) is 8.78. The number of benzene rings is 1. The molecule has 4 rings (SSSR count). The Morgan fingerprint density at radius 3 is 2.74 bits per heavy atom. The summed E-state index contributed by atoms with van der Waals surface area (Å²) in [7, 11) is 0. The van der Waals surface area contributed by atoms with Gasteiger partial charge in [-0.1, -0.05) is 29.8 Å². The fourth-order valence-corrected chi connectivity index (χ4v) is 4.11. The lowest BCUT2D eigenvalue weighted by Gasteiger charge is -2.27. The molecule has 0 unspecified atom stereocenters. The summed E-state index contributed by atoms with van der Waals surface area (Å²) in [5.41, 5.74) is 3.94. The highest BCUT2D eigenvalue weighted by Gasteiger charge is 2.26. The molecule has 27 heavy (non-hydrogen) atoms. The fourth-order valence-electron chi connectivity index (χ4n) is 3.29. The summed E-state index contributed by atoms with van der Waals surface area (Å²) in [6.45, 7) is 1.15. The average molecular weight is 400 g/mol. The van der Waals surface area contributed by atoms with Gasteiger partial charge < -0.3 is 4.90 Å². The minimum absolute atomic E-state index is 0.00816. The summed E-state index contributed by atoms with van der Waals surface area (Å²) in [6.07, 6.45) is 1.22. The first-order chi connectivity index (χ1) is 13.1. The second kappa shape index (κ2) is 7.66. The van der Waals surface area contributed by atoms with Gasteiger partial charge in [0.1, 0.15) is 0 Å². The van der Waals surface area contributed by atoms with Gasteiger partial charge in [0.2, 0.25) is 5.91 Å².